The molecule has 1 amide bonds. The van der Waals surface area contributed by atoms with Gasteiger partial charge in [0.05, 0.1) is 24.1 Å². The van der Waals surface area contributed by atoms with Crippen molar-refractivity contribution in [3.63, 3.8) is 0 Å². The first-order valence-corrected chi connectivity index (χ1v) is 7.98. The highest BCUT2D eigenvalue weighted by atomic mass is 79.9. The number of amides is 1. The number of rotatable bonds is 6. The Morgan fingerprint density at radius 1 is 1.26 bits per heavy atom. The van der Waals surface area contributed by atoms with Gasteiger partial charge in [0.25, 0.3) is 5.91 Å². The van der Waals surface area contributed by atoms with Crippen molar-refractivity contribution in [2.45, 2.75) is 13.0 Å². The van der Waals surface area contributed by atoms with E-state index in [1.54, 1.807) is 30.2 Å². The number of halogens is 1. The van der Waals surface area contributed by atoms with Gasteiger partial charge in [-0.25, -0.2) is 0 Å². The van der Waals surface area contributed by atoms with Crippen LogP contribution in [0.1, 0.15) is 22.3 Å². The minimum Gasteiger partial charge on any atom is -0.496 e. The van der Waals surface area contributed by atoms with Crippen LogP contribution in [-0.2, 0) is 6.54 Å². The fraction of sp³-hybridized carbons (Fsp3) is 0.222. The fourth-order valence-corrected chi connectivity index (χ4v) is 2.76. The lowest BCUT2D eigenvalue weighted by Crippen LogP contribution is -2.31. The van der Waals surface area contributed by atoms with Crippen LogP contribution in [-0.4, -0.2) is 24.5 Å². The highest BCUT2D eigenvalue weighted by Crippen LogP contribution is 2.26. The summed E-state index contributed by atoms with van der Waals surface area (Å²) in [7, 11) is 1.58. The number of hydrogen-bond donors (Lipinski definition) is 0. The molecule has 0 radical (unpaired) electrons. The van der Waals surface area contributed by atoms with Crippen molar-refractivity contribution < 1.29 is 9.53 Å². The van der Waals surface area contributed by atoms with Gasteiger partial charge in [0.15, 0.2) is 0 Å². The van der Waals surface area contributed by atoms with Crippen LogP contribution in [0.4, 0.5) is 0 Å². The molecule has 0 aliphatic rings. The third kappa shape index (κ3) is 4.57. The molecule has 2 rings (SSSR count). The SMILES string of the molecule is COc1ccc(C(=O)N(CCC#N)Cc2ccccc2)cc1Br. The van der Waals surface area contributed by atoms with Crippen molar-refractivity contribution in [3.05, 3.63) is 64.1 Å². The number of nitriles is 1. The lowest BCUT2D eigenvalue weighted by Gasteiger charge is -2.22. The molecule has 0 fully saturated rings. The van der Waals surface area contributed by atoms with Crippen molar-refractivity contribution in [2.24, 2.45) is 0 Å². The lowest BCUT2D eigenvalue weighted by atomic mass is 10.1. The predicted octanol–water partition coefficient (Wildman–Crippen LogP) is 4.01. The Balaban J connectivity index is 2.22. The minimum absolute atomic E-state index is 0.104. The van der Waals surface area contributed by atoms with E-state index in [4.69, 9.17) is 10.00 Å². The number of ether oxygens (including phenoxy) is 1. The van der Waals surface area contributed by atoms with Gasteiger partial charge >= 0.3 is 0 Å². The van der Waals surface area contributed by atoms with Gasteiger partial charge in [-0.3, -0.25) is 4.79 Å². The first kappa shape index (κ1) is 17.0. The summed E-state index contributed by atoms with van der Waals surface area (Å²) in [6.45, 7) is 0.874. The number of methoxy groups -OCH3 is 1. The Kier molecular flexibility index (Phi) is 6.19. The van der Waals surface area contributed by atoms with Gasteiger partial charge in [-0.1, -0.05) is 30.3 Å². The Bertz CT molecular complexity index is 711. The lowest BCUT2D eigenvalue weighted by molar-refractivity contribution is 0.0747. The van der Waals surface area contributed by atoms with Crippen LogP contribution in [0, 0.1) is 11.3 Å². The largest absolute Gasteiger partial charge is 0.496 e. The van der Waals surface area contributed by atoms with Crippen LogP contribution in [0.15, 0.2) is 53.0 Å². The summed E-state index contributed by atoms with van der Waals surface area (Å²) < 4.78 is 5.91. The molecule has 0 saturated heterocycles. The van der Waals surface area contributed by atoms with Crippen LogP contribution >= 0.6 is 15.9 Å². The van der Waals surface area contributed by atoms with Crippen molar-refractivity contribution in [1.82, 2.24) is 4.90 Å². The minimum atomic E-state index is -0.104. The van der Waals surface area contributed by atoms with Gasteiger partial charge in [-0.15, -0.1) is 0 Å². The second-order valence-corrected chi connectivity index (χ2v) is 5.82. The van der Waals surface area contributed by atoms with E-state index in [-0.39, 0.29) is 5.91 Å². The average molecular weight is 373 g/mol. The molecule has 4 nitrogen and oxygen atoms in total. The molecule has 5 heteroatoms. The molecule has 2 aromatic rings. The zero-order valence-electron chi connectivity index (χ0n) is 12.8. The number of carbonyl (C=O) groups excluding carboxylic acids is 1. The normalized spacial score (nSPS) is 9.96. The highest BCUT2D eigenvalue weighted by Gasteiger charge is 2.17. The maximum atomic E-state index is 12.8. The summed E-state index contributed by atoms with van der Waals surface area (Å²) in [5, 5.41) is 8.83. The summed E-state index contributed by atoms with van der Waals surface area (Å²) in [6, 6.07) is 17.1. The zero-order valence-corrected chi connectivity index (χ0v) is 14.4. The maximum absolute atomic E-state index is 12.8. The number of nitrogens with zero attached hydrogens (tertiary/aromatic N) is 2. The summed E-state index contributed by atoms with van der Waals surface area (Å²) in [5.74, 6) is 0.570. The third-order valence-electron chi connectivity index (χ3n) is 3.40. The molecule has 0 N–H and O–H groups in total. The molecule has 0 saturated carbocycles. The van der Waals surface area contributed by atoms with E-state index >= 15 is 0 Å². The van der Waals surface area contributed by atoms with E-state index < -0.39 is 0 Å². The molecule has 118 valence electrons. The standard InChI is InChI=1S/C18H17BrN2O2/c1-23-17-9-8-15(12-16(17)19)18(22)21(11-5-10-20)13-14-6-3-2-4-7-14/h2-4,6-9,12H,5,11,13H2,1H3. The van der Waals surface area contributed by atoms with Crippen LogP contribution in [0.3, 0.4) is 0 Å². The Morgan fingerprint density at radius 3 is 2.61 bits per heavy atom. The molecule has 0 aliphatic carbocycles. The summed E-state index contributed by atoms with van der Waals surface area (Å²) >= 11 is 3.40. The molecule has 0 spiro atoms. The second kappa shape index (κ2) is 8.35. The van der Waals surface area contributed by atoms with Crippen LogP contribution in [0.2, 0.25) is 0 Å². The number of hydrogen-bond acceptors (Lipinski definition) is 3. The summed E-state index contributed by atoms with van der Waals surface area (Å²) in [4.78, 5) is 14.4. The van der Waals surface area contributed by atoms with Gasteiger partial charge in [-0.2, -0.15) is 5.26 Å². The first-order valence-electron chi connectivity index (χ1n) is 7.19. The smallest absolute Gasteiger partial charge is 0.254 e. The second-order valence-electron chi connectivity index (χ2n) is 4.97. The molecule has 0 atom stereocenters. The van der Waals surface area contributed by atoms with E-state index in [0.29, 0.717) is 30.8 Å². The maximum Gasteiger partial charge on any atom is 0.254 e. The van der Waals surface area contributed by atoms with Crippen molar-refractivity contribution >= 4 is 21.8 Å². The summed E-state index contributed by atoms with van der Waals surface area (Å²) in [5.41, 5.74) is 1.60. The van der Waals surface area contributed by atoms with Crippen LogP contribution in [0.5, 0.6) is 5.75 Å². The van der Waals surface area contributed by atoms with E-state index in [2.05, 4.69) is 22.0 Å². The van der Waals surface area contributed by atoms with Gasteiger partial charge in [-0.05, 0) is 39.7 Å². The summed E-state index contributed by atoms with van der Waals surface area (Å²) in [6.07, 6.45) is 0.301. The van der Waals surface area contributed by atoms with E-state index in [1.807, 2.05) is 30.3 Å². The van der Waals surface area contributed by atoms with Crippen molar-refractivity contribution in [1.29, 1.82) is 5.26 Å². The monoisotopic (exact) mass is 372 g/mol. The average Bonchev–Trinajstić information content (AvgIpc) is 2.58. The predicted molar refractivity (Wildman–Crippen MR) is 92.1 cm³/mol. The van der Waals surface area contributed by atoms with Gasteiger partial charge in [0.1, 0.15) is 5.75 Å². The topological polar surface area (TPSA) is 53.3 Å². The Hall–Kier alpha value is -2.32. The van der Waals surface area contributed by atoms with E-state index in [1.165, 1.54) is 0 Å². The fourth-order valence-electron chi connectivity index (χ4n) is 2.22. The molecule has 0 aliphatic heterocycles. The van der Waals surface area contributed by atoms with Crippen LogP contribution in [0.25, 0.3) is 0 Å². The van der Waals surface area contributed by atoms with Gasteiger partial charge in [0, 0.05) is 18.7 Å². The highest BCUT2D eigenvalue weighted by molar-refractivity contribution is 9.10. The number of carbonyl (C=O) groups is 1. The molecule has 0 bridgehead atoms. The molecule has 0 unspecified atom stereocenters. The molecule has 0 aromatic heterocycles. The van der Waals surface area contributed by atoms with E-state index in [0.717, 1.165) is 10.0 Å². The van der Waals surface area contributed by atoms with Crippen LogP contribution < -0.4 is 4.74 Å². The molecular weight excluding hydrogens is 356 g/mol. The molecule has 0 heterocycles. The molecular formula is C18H17BrN2O2. The Morgan fingerprint density at radius 2 is 2.00 bits per heavy atom. The molecule has 2 aromatic carbocycles. The van der Waals surface area contributed by atoms with Crippen molar-refractivity contribution in [2.75, 3.05) is 13.7 Å². The third-order valence-corrected chi connectivity index (χ3v) is 4.02. The quantitative estimate of drug-likeness (QED) is 0.769. The Labute approximate surface area is 144 Å². The van der Waals surface area contributed by atoms with Gasteiger partial charge in [0.2, 0.25) is 0 Å². The van der Waals surface area contributed by atoms with E-state index in [9.17, 15) is 4.79 Å². The first-order chi connectivity index (χ1) is 11.2. The number of benzene rings is 2. The zero-order chi connectivity index (χ0) is 16.7. The van der Waals surface area contributed by atoms with Crippen molar-refractivity contribution in [3.8, 4) is 11.8 Å². The van der Waals surface area contributed by atoms with Gasteiger partial charge < -0.3 is 9.64 Å². The molecule has 23 heavy (non-hydrogen) atoms.